The number of fused-ring (bicyclic) bond motifs is 1. The Labute approximate surface area is 201 Å². The normalized spacial score (nSPS) is 20.3. The lowest BCUT2D eigenvalue weighted by Gasteiger charge is -2.24. The highest BCUT2D eigenvalue weighted by molar-refractivity contribution is 7.57. The van der Waals surface area contributed by atoms with E-state index in [1.807, 2.05) is 0 Å². The topological polar surface area (TPSA) is 127 Å². The van der Waals surface area contributed by atoms with Gasteiger partial charge in [-0.1, -0.05) is 24.3 Å². The van der Waals surface area contributed by atoms with Crippen LogP contribution in [-0.4, -0.2) is 40.8 Å². The molecule has 0 unspecified atom stereocenters. The molecule has 12 heteroatoms. The number of nitrogens with two attached hydrogens (primary N) is 1. The first-order chi connectivity index (χ1) is 16.8. The third-order valence-electron chi connectivity index (χ3n) is 5.12. The zero-order valence-corrected chi connectivity index (χ0v) is 20.1. The van der Waals surface area contributed by atoms with E-state index in [2.05, 4.69) is 10.1 Å². The average molecular weight is 504 g/mol. The van der Waals surface area contributed by atoms with Crippen LogP contribution in [0.5, 0.6) is 5.75 Å². The summed E-state index contributed by atoms with van der Waals surface area (Å²) >= 11 is 0. The molecule has 0 bridgehead atoms. The van der Waals surface area contributed by atoms with Crippen LogP contribution in [0.4, 0.5) is 10.1 Å². The molecular weight excluding hydrogens is 478 g/mol. The SMILES string of the molecule is CCOC(=O)[C@H](C)N[P@](=O)(CO[C@@H]1C=C(F)[C@H](n2cnc3c(N)cccc32)O1)Oc1ccccc1. The molecule has 1 aromatic heterocycles. The fourth-order valence-corrected chi connectivity index (χ4v) is 5.21. The Morgan fingerprint density at radius 2 is 2.06 bits per heavy atom. The average Bonchev–Trinajstić information content (AvgIpc) is 3.42. The number of halogens is 1. The smallest absolute Gasteiger partial charge is 0.342 e. The summed E-state index contributed by atoms with van der Waals surface area (Å²) in [5.41, 5.74) is 7.50. The highest BCUT2D eigenvalue weighted by atomic mass is 31.2. The van der Waals surface area contributed by atoms with Gasteiger partial charge in [-0.05, 0) is 38.1 Å². The van der Waals surface area contributed by atoms with E-state index in [9.17, 15) is 13.8 Å². The van der Waals surface area contributed by atoms with E-state index >= 15 is 0 Å². The third kappa shape index (κ3) is 5.71. The van der Waals surface area contributed by atoms with Gasteiger partial charge in [-0.25, -0.2) is 14.5 Å². The van der Waals surface area contributed by atoms with E-state index in [-0.39, 0.29) is 6.61 Å². The maximum atomic E-state index is 14.8. The Bertz CT molecular complexity index is 1270. The Balaban J connectivity index is 1.47. The van der Waals surface area contributed by atoms with Crippen molar-refractivity contribution in [1.29, 1.82) is 0 Å². The summed E-state index contributed by atoms with van der Waals surface area (Å²) in [6.45, 7) is 3.33. The number of esters is 1. The molecule has 2 heterocycles. The first-order valence-electron chi connectivity index (χ1n) is 10.9. The standard InChI is InChI=1S/C23H26FN4O6P/c1-3-31-23(29)15(2)27-35(30,34-16-8-5-4-6-9-16)14-32-20-12-17(24)22(33-20)28-13-26-21-18(25)10-7-11-19(21)28/h4-13,15,20,22H,3,14,25H2,1-2H3,(H,27,30)/t15-,20-,22+,35-/m0/s1. The van der Waals surface area contributed by atoms with E-state index < -0.39 is 44.2 Å². The number of carbonyl (C=O) groups excluding carboxylic acids is 1. The van der Waals surface area contributed by atoms with Crippen LogP contribution in [0.1, 0.15) is 20.1 Å². The molecule has 186 valence electrons. The molecule has 0 radical (unpaired) electrons. The number of hydrogen-bond acceptors (Lipinski definition) is 8. The summed E-state index contributed by atoms with van der Waals surface area (Å²) in [6.07, 6.45) is -0.249. The van der Waals surface area contributed by atoms with Gasteiger partial charge in [0.15, 0.2) is 24.7 Å². The molecule has 35 heavy (non-hydrogen) atoms. The molecule has 10 nitrogen and oxygen atoms in total. The van der Waals surface area contributed by atoms with Crippen molar-refractivity contribution >= 4 is 30.2 Å². The van der Waals surface area contributed by atoms with Gasteiger partial charge in [-0.15, -0.1) is 0 Å². The molecule has 2 aromatic carbocycles. The van der Waals surface area contributed by atoms with Crippen LogP contribution in [0.2, 0.25) is 0 Å². The quantitative estimate of drug-likeness (QED) is 0.238. The van der Waals surface area contributed by atoms with Crippen molar-refractivity contribution in [1.82, 2.24) is 14.6 Å². The molecule has 0 saturated carbocycles. The maximum Gasteiger partial charge on any atom is 0.342 e. The molecule has 0 aliphatic carbocycles. The monoisotopic (exact) mass is 504 g/mol. The fraction of sp³-hybridized carbons (Fsp3) is 0.304. The number of nitrogens with one attached hydrogen (secondary N) is 1. The molecule has 3 aromatic rings. The number of imidazole rings is 1. The van der Waals surface area contributed by atoms with Gasteiger partial charge >= 0.3 is 13.5 Å². The van der Waals surface area contributed by atoms with Gasteiger partial charge in [0.25, 0.3) is 0 Å². The Kier molecular flexibility index (Phi) is 7.51. The van der Waals surface area contributed by atoms with Gasteiger partial charge in [-0.3, -0.25) is 13.9 Å². The number of carbonyl (C=O) groups is 1. The largest absolute Gasteiger partial charge is 0.465 e. The van der Waals surface area contributed by atoms with E-state index in [4.69, 9.17) is 24.5 Å². The van der Waals surface area contributed by atoms with Crippen LogP contribution >= 0.6 is 7.52 Å². The Morgan fingerprint density at radius 1 is 1.29 bits per heavy atom. The second-order valence-electron chi connectivity index (χ2n) is 7.75. The summed E-state index contributed by atoms with van der Waals surface area (Å²) in [5, 5.41) is 2.67. The molecule has 3 N–H and O–H groups in total. The van der Waals surface area contributed by atoms with Crippen LogP contribution < -0.4 is 15.3 Å². The van der Waals surface area contributed by atoms with Gasteiger partial charge < -0.3 is 24.5 Å². The molecule has 0 spiro atoms. The molecule has 1 aliphatic rings. The first kappa shape index (κ1) is 24.9. The highest BCUT2D eigenvalue weighted by Gasteiger charge is 2.35. The Hall–Kier alpha value is -3.24. The minimum atomic E-state index is -3.81. The van der Waals surface area contributed by atoms with Crippen LogP contribution in [0.25, 0.3) is 11.0 Å². The minimum Gasteiger partial charge on any atom is -0.465 e. The molecular formula is C23H26FN4O6P. The molecule has 4 rings (SSSR count). The molecule has 0 fully saturated rings. The molecule has 0 amide bonds. The molecule has 0 saturated heterocycles. The summed E-state index contributed by atoms with van der Waals surface area (Å²) in [6, 6.07) is 12.6. The van der Waals surface area contributed by atoms with E-state index in [1.54, 1.807) is 55.5 Å². The molecule has 1 aliphatic heterocycles. The zero-order chi connectivity index (χ0) is 25.0. The second kappa shape index (κ2) is 10.6. The number of hydrogen-bond donors (Lipinski definition) is 2. The van der Waals surface area contributed by atoms with Gasteiger partial charge in [0.1, 0.15) is 17.3 Å². The number of rotatable bonds is 10. The summed E-state index contributed by atoms with van der Waals surface area (Å²) in [7, 11) is -3.81. The minimum absolute atomic E-state index is 0.168. The van der Waals surface area contributed by atoms with Crippen molar-refractivity contribution in [3.05, 3.63) is 66.8 Å². The third-order valence-corrected chi connectivity index (χ3v) is 6.89. The van der Waals surface area contributed by atoms with E-state index in [0.29, 0.717) is 22.5 Å². The lowest BCUT2D eigenvalue weighted by Crippen LogP contribution is -2.36. The van der Waals surface area contributed by atoms with Gasteiger partial charge in [0.2, 0.25) is 0 Å². The Morgan fingerprint density at radius 3 is 2.80 bits per heavy atom. The number of nitrogens with zero attached hydrogens (tertiary/aromatic N) is 2. The number of anilines is 1. The summed E-state index contributed by atoms with van der Waals surface area (Å²) in [4.78, 5) is 16.3. The number of aromatic nitrogens is 2. The maximum absolute atomic E-state index is 14.8. The van der Waals surface area contributed by atoms with E-state index in [0.717, 1.165) is 6.08 Å². The lowest BCUT2D eigenvalue weighted by molar-refractivity contribution is -0.144. The van der Waals surface area contributed by atoms with Gasteiger partial charge in [-0.2, -0.15) is 0 Å². The predicted molar refractivity (Wildman–Crippen MR) is 127 cm³/mol. The van der Waals surface area contributed by atoms with Crippen molar-refractivity contribution in [2.75, 3.05) is 18.7 Å². The van der Waals surface area contributed by atoms with Crippen molar-refractivity contribution < 1.29 is 32.5 Å². The van der Waals surface area contributed by atoms with Crippen molar-refractivity contribution in [2.45, 2.75) is 32.4 Å². The van der Waals surface area contributed by atoms with Crippen LogP contribution in [0.3, 0.4) is 0 Å². The number of ether oxygens (including phenoxy) is 3. The van der Waals surface area contributed by atoms with Gasteiger partial charge in [0.05, 0.1) is 24.1 Å². The zero-order valence-electron chi connectivity index (χ0n) is 19.2. The van der Waals surface area contributed by atoms with Crippen LogP contribution in [0.15, 0.2) is 66.8 Å². The highest BCUT2D eigenvalue weighted by Crippen LogP contribution is 2.45. The number of nitrogen functional groups attached to an aromatic ring is 1. The predicted octanol–water partition coefficient (Wildman–Crippen LogP) is 4.11. The van der Waals surface area contributed by atoms with E-state index in [1.165, 1.54) is 17.8 Å². The van der Waals surface area contributed by atoms with Gasteiger partial charge in [0, 0.05) is 6.08 Å². The van der Waals surface area contributed by atoms with Crippen molar-refractivity contribution in [3.63, 3.8) is 0 Å². The first-order valence-corrected chi connectivity index (χ1v) is 12.7. The van der Waals surface area contributed by atoms with Crippen LogP contribution in [0, 0.1) is 0 Å². The van der Waals surface area contributed by atoms with Crippen LogP contribution in [-0.2, 0) is 23.6 Å². The molecule has 4 atom stereocenters. The van der Waals surface area contributed by atoms with Crippen molar-refractivity contribution in [2.24, 2.45) is 0 Å². The fourth-order valence-electron chi connectivity index (χ4n) is 3.52. The summed E-state index contributed by atoms with van der Waals surface area (Å²) < 4.78 is 51.8. The second-order valence-corrected chi connectivity index (χ2v) is 9.80. The lowest BCUT2D eigenvalue weighted by atomic mass is 10.2. The number of para-hydroxylation sites is 2. The number of benzene rings is 2. The summed E-state index contributed by atoms with van der Waals surface area (Å²) in [5.74, 6) is -0.903. The van der Waals surface area contributed by atoms with Crippen molar-refractivity contribution in [3.8, 4) is 5.75 Å².